The van der Waals surface area contributed by atoms with Gasteiger partial charge in [0.05, 0.1) is 16.4 Å². The molecule has 0 fully saturated rings. The van der Waals surface area contributed by atoms with Crippen molar-refractivity contribution in [3.05, 3.63) is 92.6 Å². The van der Waals surface area contributed by atoms with Gasteiger partial charge in [-0.15, -0.1) is 0 Å². The van der Waals surface area contributed by atoms with Crippen LogP contribution in [0.5, 0.6) is 5.75 Å². The summed E-state index contributed by atoms with van der Waals surface area (Å²) in [5.41, 5.74) is 6.51. The van der Waals surface area contributed by atoms with Gasteiger partial charge in [0.25, 0.3) is 5.69 Å². The van der Waals surface area contributed by atoms with Gasteiger partial charge in [-0.3, -0.25) is 14.9 Å². The fraction of sp³-hybridized carbons (Fsp3) is 0.174. The second-order valence-corrected chi connectivity index (χ2v) is 7.27. The molecule has 4 rings (SSSR count). The standard InChI is InChI=1S/C23H17N3O6/c24-12-16-20(21-17(27)8-4-10-19(21)31-22(16)25)15-7-1-2-9-18(15)32-23(28)13-5-3-6-14(11-13)26(29)30/h1-3,5-7,9,11,20H,4,8,10,25H2/t20-/m0/s1. The number of benzene rings is 2. The molecule has 32 heavy (non-hydrogen) atoms. The summed E-state index contributed by atoms with van der Waals surface area (Å²) in [5, 5.41) is 20.7. The molecule has 0 bridgehead atoms. The fourth-order valence-corrected chi connectivity index (χ4v) is 3.88. The zero-order chi connectivity index (χ0) is 22.8. The molecule has 0 saturated carbocycles. The van der Waals surface area contributed by atoms with E-state index >= 15 is 0 Å². The molecule has 9 heteroatoms. The van der Waals surface area contributed by atoms with Crippen molar-refractivity contribution in [2.45, 2.75) is 25.2 Å². The maximum Gasteiger partial charge on any atom is 0.343 e. The number of hydrogen-bond donors (Lipinski definition) is 1. The molecule has 2 aromatic rings. The van der Waals surface area contributed by atoms with Gasteiger partial charge >= 0.3 is 5.97 Å². The number of carbonyl (C=O) groups is 2. The number of rotatable bonds is 4. The lowest BCUT2D eigenvalue weighted by Gasteiger charge is -2.31. The molecule has 2 aliphatic rings. The summed E-state index contributed by atoms with van der Waals surface area (Å²) in [6.45, 7) is 0. The molecule has 0 saturated heterocycles. The first-order chi connectivity index (χ1) is 15.4. The zero-order valence-corrected chi connectivity index (χ0v) is 16.7. The van der Waals surface area contributed by atoms with E-state index in [1.807, 2.05) is 6.07 Å². The van der Waals surface area contributed by atoms with E-state index in [4.69, 9.17) is 15.2 Å². The molecule has 0 amide bonds. The summed E-state index contributed by atoms with van der Waals surface area (Å²) in [6.07, 6.45) is 1.43. The summed E-state index contributed by atoms with van der Waals surface area (Å²) in [5.74, 6) is -1.37. The minimum absolute atomic E-state index is 0.00908. The number of non-ortho nitro benzene ring substituents is 1. The lowest BCUT2D eigenvalue weighted by atomic mass is 9.77. The SMILES string of the molecule is N#CC1=C(N)OC2=C(C(=O)CCC2)[C@H]1c1ccccc1OC(=O)c1cccc([N+](=O)[O-])c1. The summed E-state index contributed by atoms with van der Waals surface area (Å²) in [7, 11) is 0. The number of carbonyl (C=O) groups excluding carboxylic acids is 2. The maximum absolute atomic E-state index is 12.8. The largest absolute Gasteiger partial charge is 0.444 e. The summed E-state index contributed by atoms with van der Waals surface area (Å²) in [6, 6.07) is 13.7. The maximum atomic E-state index is 12.8. The van der Waals surface area contributed by atoms with Crippen molar-refractivity contribution in [2.24, 2.45) is 5.73 Å². The first kappa shape index (κ1) is 20.8. The Morgan fingerprint density at radius 2 is 2.00 bits per heavy atom. The van der Waals surface area contributed by atoms with E-state index < -0.39 is 16.8 Å². The second-order valence-electron chi connectivity index (χ2n) is 7.27. The second kappa shape index (κ2) is 8.35. The Bertz CT molecular complexity index is 1250. The number of nitro groups is 1. The summed E-state index contributed by atoms with van der Waals surface area (Å²) in [4.78, 5) is 35.9. The van der Waals surface area contributed by atoms with E-state index in [2.05, 4.69) is 0 Å². The highest BCUT2D eigenvalue weighted by atomic mass is 16.6. The minimum Gasteiger partial charge on any atom is -0.444 e. The number of para-hydroxylation sites is 1. The normalized spacial score (nSPS) is 17.8. The van der Waals surface area contributed by atoms with Gasteiger partial charge in [-0.2, -0.15) is 5.26 Å². The Morgan fingerprint density at radius 1 is 1.22 bits per heavy atom. The van der Waals surface area contributed by atoms with Crippen molar-refractivity contribution in [2.75, 3.05) is 0 Å². The predicted octanol–water partition coefficient (Wildman–Crippen LogP) is 3.63. The molecule has 0 aromatic heterocycles. The molecule has 0 unspecified atom stereocenters. The van der Waals surface area contributed by atoms with Crippen LogP contribution in [0.3, 0.4) is 0 Å². The van der Waals surface area contributed by atoms with Crippen LogP contribution in [0.2, 0.25) is 0 Å². The van der Waals surface area contributed by atoms with Gasteiger partial charge in [0.2, 0.25) is 5.88 Å². The zero-order valence-electron chi connectivity index (χ0n) is 16.7. The van der Waals surface area contributed by atoms with Gasteiger partial charge in [0, 0.05) is 36.1 Å². The molecule has 9 nitrogen and oxygen atoms in total. The molecule has 1 aliphatic heterocycles. The first-order valence-corrected chi connectivity index (χ1v) is 9.80. The van der Waals surface area contributed by atoms with Crippen molar-refractivity contribution in [1.29, 1.82) is 5.26 Å². The topological polar surface area (TPSA) is 146 Å². The Labute approximate surface area is 182 Å². The molecule has 2 aromatic carbocycles. The van der Waals surface area contributed by atoms with Crippen molar-refractivity contribution < 1.29 is 24.0 Å². The molecule has 0 radical (unpaired) electrons. The number of Topliss-reactive ketones (excluding diaryl/α,β-unsaturated/α-hetero) is 1. The van der Waals surface area contributed by atoms with E-state index in [0.29, 0.717) is 36.2 Å². The Balaban J connectivity index is 1.76. The van der Waals surface area contributed by atoms with Crippen LogP contribution in [0, 0.1) is 21.4 Å². The van der Waals surface area contributed by atoms with Crippen molar-refractivity contribution in [3.63, 3.8) is 0 Å². The smallest absolute Gasteiger partial charge is 0.343 e. The highest BCUT2D eigenvalue weighted by Crippen LogP contribution is 2.45. The van der Waals surface area contributed by atoms with E-state index in [-0.39, 0.29) is 34.2 Å². The Kier molecular flexibility index (Phi) is 5.43. The molecule has 0 spiro atoms. The van der Waals surface area contributed by atoms with Gasteiger partial charge in [0.1, 0.15) is 23.2 Å². The van der Waals surface area contributed by atoms with Crippen LogP contribution in [0.1, 0.15) is 41.1 Å². The van der Waals surface area contributed by atoms with Gasteiger partial charge in [-0.1, -0.05) is 24.3 Å². The number of ether oxygens (including phenoxy) is 2. The lowest BCUT2D eigenvalue weighted by Crippen LogP contribution is -2.27. The third-order valence-electron chi connectivity index (χ3n) is 5.33. The highest BCUT2D eigenvalue weighted by molar-refractivity contribution is 5.99. The van der Waals surface area contributed by atoms with Crippen LogP contribution in [-0.2, 0) is 9.53 Å². The van der Waals surface area contributed by atoms with Crippen molar-refractivity contribution in [1.82, 2.24) is 0 Å². The van der Waals surface area contributed by atoms with Crippen LogP contribution in [0.25, 0.3) is 0 Å². The van der Waals surface area contributed by atoms with Crippen LogP contribution < -0.4 is 10.5 Å². The minimum atomic E-state index is -0.842. The average molecular weight is 431 g/mol. The van der Waals surface area contributed by atoms with Gasteiger partial charge in [-0.25, -0.2) is 4.79 Å². The van der Waals surface area contributed by atoms with E-state index in [0.717, 1.165) is 6.07 Å². The molecule has 2 N–H and O–H groups in total. The number of esters is 1. The molecular formula is C23H17N3O6. The van der Waals surface area contributed by atoms with Gasteiger partial charge in [0.15, 0.2) is 5.78 Å². The lowest BCUT2D eigenvalue weighted by molar-refractivity contribution is -0.384. The van der Waals surface area contributed by atoms with Crippen molar-refractivity contribution in [3.8, 4) is 11.8 Å². The summed E-state index contributed by atoms with van der Waals surface area (Å²) >= 11 is 0. The number of nitriles is 1. The molecule has 160 valence electrons. The number of ketones is 1. The fourth-order valence-electron chi connectivity index (χ4n) is 3.88. The van der Waals surface area contributed by atoms with Gasteiger partial charge in [-0.05, 0) is 18.6 Å². The number of allylic oxidation sites excluding steroid dienone is 3. The quantitative estimate of drug-likeness (QED) is 0.334. The third-order valence-corrected chi connectivity index (χ3v) is 5.33. The Morgan fingerprint density at radius 3 is 2.75 bits per heavy atom. The van der Waals surface area contributed by atoms with Crippen LogP contribution in [-0.4, -0.2) is 16.7 Å². The Hall–Kier alpha value is -4.45. The molecule has 1 heterocycles. The van der Waals surface area contributed by atoms with Crippen molar-refractivity contribution >= 4 is 17.4 Å². The van der Waals surface area contributed by atoms with Crippen LogP contribution >= 0.6 is 0 Å². The van der Waals surface area contributed by atoms with E-state index in [9.17, 15) is 25.0 Å². The molecule has 1 atom stereocenters. The number of nitrogens with two attached hydrogens (primary N) is 1. The monoisotopic (exact) mass is 431 g/mol. The highest BCUT2D eigenvalue weighted by Gasteiger charge is 2.39. The van der Waals surface area contributed by atoms with E-state index in [1.165, 1.54) is 24.3 Å². The number of hydrogen-bond acceptors (Lipinski definition) is 8. The van der Waals surface area contributed by atoms with Gasteiger partial charge < -0.3 is 15.2 Å². The molecular weight excluding hydrogens is 414 g/mol. The number of nitro benzene ring substituents is 1. The first-order valence-electron chi connectivity index (χ1n) is 9.80. The summed E-state index contributed by atoms with van der Waals surface area (Å²) < 4.78 is 11.1. The number of nitrogens with zero attached hydrogens (tertiary/aromatic N) is 2. The van der Waals surface area contributed by atoms with Crippen LogP contribution in [0.15, 0.2) is 71.3 Å². The molecule has 1 aliphatic carbocycles. The van der Waals surface area contributed by atoms with Crippen LogP contribution in [0.4, 0.5) is 5.69 Å². The van der Waals surface area contributed by atoms with E-state index in [1.54, 1.807) is 18.2 Å². The average Bonchev–Trinajstić information content (AvgIpc) is 2.79. The predicted molar refractivity (Wildman–Crippen MR) is 111 cm³/mol. The third kappa shape index (κ3) is 3.70.